The van der Waals surface area contributed by atoms with Gasteiger partial charge in [0.15, 0.2) is 5.78 Å². The molecule has 3 rings (SSSR count). The van der Waals surface area contributed by atoms with E-state index in [4.69, 9.17) is 0 Å². The number of hydrogen-bond donors (Lipinski definition) is 1. The van der Waals surface area contributed by atoms with E-state index in [-0.39, 0.29) is 5.78 Å². The number of hydrogen-bond acceptors (Lipinski definition) is 2. The summed E-state index contributed by atoms with van der Waals surface area (Å²) in [5.41, 5.74) is 4.59. The van der Waals surface area contributed by atoms with Gasteiger partial charge in [0.05, 0.1) is 0 Å². The minimum absolute atomic E-state index is 0.238. The molecule has 0 spiro atoms. The molecule has 0 fully saturated rings. The van der Waals surface area contributed by atoms with Crippen LogP contribution in [0.5, 0.6) is 0 Å². The highest BCUT2D eigenvalue weighted by molar-refractivity contribution is 5.96. The van der Waals surface area contributed by atoms with Crippen molar-refractivity contribution in [1.82, 2.24) is 0 Å². The molecule has 1 aliphatic rings. The van der Waals surface area contributed by atoms with E-state index < -0.39 is 0 Å². The summed E-state index contributed by atoms with van der Waals surface area (Å²) in [6.07, 6.45) is 2.79. The smallest absolute Gasteiger partial charge is 0.163 e. The zero-order valence-corrected chi connectivity index (χ0v) is 12.4. The molecule has 2 aromatic carbocycles. The highest BCUT2D eigenvalue weighted by atomic mass is 16.1. The van der Waals surface area contributed by atoms with E-state index in [2.05, 4.69) is 36.5 Å². The molecule has 2 nitrogen and oxygen atoms in total. The van der Waals surface area contributed by atoms with Gasteiger partial charge in [0.2, 0.25) is 0 Å². The van der Waals surface area contributed by atoms with Gasteiger partial charge in [0.1, 0.15) is 0 Å². The molecule has 1 heterocycles. The van der Waals surface area contributed by atoms with Crippen LogP contribution in [0.4, 0.5) is 5.69 Å². The van der Waals surface area contributed by atoms with Crippen LogP contribution in [0.2, 0.25) is 0 Å². The van der Waals surface area contributed by atoms with E-state index >= 15 is 0 Å². The van der Waals surface area contributed by atoms with E-state index in [1.807, 2.05) is 24.3 Å². The predicted molar refractivity (Wildman–Crippen MR) is 87.1 cm³/mol. The van der Waals surface area contributed by atoms with Crippen molar-refractivity contribution in [3.63, 3.8) is 0 Å². The van der Waals surface area contributed by atoms with Gasteiger partial charge in [-0.3, -0.25) is 4.79 Å². The first-order valence-electron chi connectivity index (χ1n) is 7.73. The van der Waals surface area contributed by atoms with Crippen molar-refractivity contribution in [2.24, 2.45) is 0 Å². The molecule has 0 saturated carbocycles. The number of ketones is 1. The Morgan fingerprint density at radius 1 is 1.14 bits per heavy atom. The first-order chi connectivity index (χ1) is 10.3. The zero-order valence-electron chi connectivity index (χ0n) is 12.4. The van der Waals surface area contributed by atoms with Crippen LogP contribution in [-0.2, 0) is 6.42 Å². The fourth-order valence-electron chi connectivity index (χ4n) is 3.03. The van der Waals surface area contributed by atoms with Gasteiger partial charge in [0, 0.05) is 30.1 Å². The highest BCUT2D eigenvalue weighted by Gasteiger charge is 2.24. The van der Waals surface area contributed by atoms with Crippen LogP contribution in [-0.4, -0.2) is 12.3 Å². The van der Waals surface area contributed by atoms with E-state index in [0.29, 0.717) is 12.3 Å². The summed E-state index contributed by atoms with van der Waals surface area (Å²) in [5, 5.41) is 3.38. The molecule has 0 saturated heterocycles. The van der Waals surface area contributed by atoms with Crippen LogP contribution < -0.4 is 5.32 Å². The molecule has 1 aliphatic heterocycles. The molecule has 0 bridgehead atoms. The number of carbonyl (C=O) groups is 1. The lowest BCUT2D eigenvalue weighted by atomic mass is 9.93. The van der Waals surface area contributed by atoms with Crippen LogP contribution >= 0.6 is 0 Å². The van der Waals surface area contributed by atoms with Crippen LogP contribution in [0.15, 0.2) is 48.5 Å². The lowest BCUT2D eigenvalue weighted by Crippen LogP contribution is -2.09. The Balaban J connectivity index is 1.69. The third-order valence-corrected chi connectivity index (χ3v) is 4.19. The predicted octanol–water partition coefficient (Wildman–Crippen LogP) is 4.42. The maximum atomic E-state index is 12.5. The number of rotatable bonds is 5. The average molecular weight is 279 g/mol. The van der Waals surface area contributed by atoms with Crippen LogP contribution in [0.3, 0.4) is 0 Å². The van der Waals surface area contributed by atoms with Gasteiger partial charge in [-0.1, -0.05) is 55.8 Å². The normalized spacial score (nSPS) is 16.3. The Morgan fingerprint density at radius 3 is 2.67 bits per heavy atom. The summed E-state index contributed by atoms with van der Waals surface area (Å²) < 4.78 is 0. The molecule has 0 aliphatic carbocycles. The lowest BCUT2D eigenvalue weighted by Gasteiger charge is -2.09. The Bertz CT molecular complexity index is 630. The molecule has 1 atom stereocenters. The van der Waals surface area contributed by atoms with Crippen molar-refractivity contribution in [3.8, 4) is 0 Å². The molecule has 0 amide bonds. The fraction of sp³-hybridized carbons (Fsp3) is 0.316. The van der Waals surface area contributed by atoms with Crippen LogP contribution in [0.25, 0.3) is 0 Å². The Labute approximate surface area is 126 Å². The number of fused-ring (bicyclic) bond motifs is 1. The van der Waals surface area contributed by atoms with Crippen LogP contribution in [0, 0.1) is 0 Å². The quantitative estimate of drug-likeness (QED) is 0.821. The van der Waals surface area contributed by atoms with Gasteiger partial charge in [-0.05, 0) is 23.6 Å². The monoisotopic (exact) mass is 279 g/mol. The lowest BCUT2D eigenvalue weighted by molar-refractivity contribution is 0.0975. The second kappa shape index (κ2) is 6.13. The second-order valence-corrected chi connectivity index (χ2v) is 5.74. The van der Waals surface area contributed by atoms with Gasteiger partial charge >= 0.3 is 0 Å². The van der Waals surface area contributed by atoms with Gasteiger partial charge in [0.25, 0.3) is 0 Å². The molecule has 108 valence electrons. The van der Waals surface area contributed by atoms with E-state index in [1.54, 1.807) is 0 Å². The number of anilines is 1. The number of benzene rings is 2. The Morgan fingerprint density at radius 2 is 1.90 bits per heavy atom. The van der Waals surface area contributed by atoms with Crippen molar-refractivity contribution < 1.29 is 4.79 Å². The van der Waals surface area contributed by atoms with Gasteiger partial charge in [-0.25, -0.2) is 0 Å². The Kier molecular flexibility index (Phi) is 4.05. The van der Waals surface area contributed by atoms with Crippen LogP contribution in [0.1, 0.15) is 47.2 Å². The van der Waals surface area contributed by atoms with Gasteiger partial charge in [-0.2, -0.15) is 0 Å². The molecule has 2 heteroatoms. The highest BCUT2D eigenvalue weighted by Crippen LogP contribution is 2.33. The first kappa shape index (κ1) is 13.9. The number of para-hydroxylation sites is 1. The minimum atomic E-state index is 0.238. The summed E-state index contributed by atoms with van der Waals surface area (Å²) in [7, 11) is 0. The van der Waals surface area contributed by atoms with E-state index in [9.17, 15) is 4.79 Å². The maximum Gasteiger partial charge on any atom is 0.163 e. The first-order valence-corrected chi connectivity index (χ1v) is 7.73. The van der Waals surface area contributed by atoms with Crippen molar-refractivity contribution in [3.05, 3.63) is 65.2 Å². The summed E-state index contributed by atoms with van der Waals surface area (Å²) in [4.78, 5) is 12.5. The fourth-order valence-corrected chi connectivity index (χ4v) is 3.03. The molecule has 0 aromatic heterocycles. The summed E-state index contributed by atoms with van der Waals surface area (Å²) in [5.74, 6) is 0.533. The molecular formula is C19H21NO. The summed E-state index contributed by atoms with van der Waals surface area (Å²) in [6.45, 7) is 3.03. The van der Waals surface area contributed by atoms with E-state index in [0.717, 1.165) is 24.9 Å². The standard InChI is InChI=1S/C19H21NO/c1-2-5-14-8-10-15(11-9-14)19(21)12-16-13-20-18-7-4-3-6-17(16)18/h3-4,6-11,16,20H,2,5,12-13H2,1H3. The number of carbonyl (C=O) groups excluding carboxylic acids is 1. The molecule has 2 aromatic rings. The van der Waals surface area contributed by atoms with Gasteiger partial charge in [-0.15, -0.1) is 0 Å². The molecule has 21 heavy (non-hydrogen) atoms. The zero-order chi connectivity index (χ0) is 14.7. The Hall–Kier alpha value is -2.09. The number of aryl methyl sites for hydroxylation is 1. The van der Waals surface area contributed by atoms with Crippen molar-refractivity contribution in [2.45, 2.75) is 32.1 Å². The summed E-state index contributed by atoms with van der Waals surface area (Å²) in [6, 6.07) is 16.4. The minimum Gasteiger partial charge on any atom is -0.384 e. The van der Waals surface area contributed by atoms with E-state index in [1.165, 1.54) is 16.8 Å². The van der Waals surface area contributed by atoms with Crippen molar-refractivity contribution >= 4 is 11.5 Å². The maximum absolute atomic E-state index is 12.5. The number of nitrogens with one attached hydrogen (secondary N) is 1. The molecule has 0 radical (unpaired) electrons. The third-order valence-electron chi connectivity index (χ3n) is 4.19. The largest absolute Gasteiger partial charge is 0.384 e. The van der Waals surface area contributed by atoms with Crippen molar-refractivity contribution in [2.75, 3.05) is 11.9 Å². The topological polar surface area (TPSA) is 29.1 Å². The molecular weight excluding hydrogens is 258 g/mol. The second-order valence-electron chi connectivity index (χ2n) is 5.74. The van der Waals surface area contributed by atoms with Crippen molar-refractivity contribution in [1.29, 1.82) is 0 Å². The average Bonchev–Trinajstić information content (AvgIpc) is 2.92. The third kappa shape index (κ3) is 2.99. The molecule has 1 N–H and O–H groups in total. The summed E-state index contributed by atoms with van der Waals surface area (Å²) >= 11 is 0. The molecule has 1 unspecified atom stereocenters. The number of Topliss-reactive ketones (excluding diaryl/α,β-unsaturated/α-hetero) is 1. The SMILES string of the molecule is CCCc1ccc(C(=O)CC2CNc3ccccc32)cc1. The van der Waals surface area contributed by atoms with Gasteiger partial charge < -0.3 is 5.32 Å².